The molecular weight excluding hydrogens is 356 g/mol. The van der Waals surface area contributed by atoms with Crippen LogP contribution in [0.5, 0.6) is 0 Å². The summed E-state index contributed by atoms with van der Waals surface area (Å²) in [6.45, 7) is 2.20. The zero-order chi connectivity index (χ0) is 20.1. The van der Waals surface area contributed by atoms with Gasteiger partial charge in [0.25, 0.3) is 0 Å². The number of rotatable bonds is 7. The molecule has 0 spiro atoms. The highest BCUT2D eigenvalue weighted by atomic mass is 16.3. The molecule has 0 fully saturated rings. The maximum atomic E-state index is 9.46. The number of imidazole rings is 1. The summed E-state index contributed by atoms with van der Waals surface area (Å²) in [6, 6.07) is 31.7. The van der Waals surface area contributed by atoms with Gasteiger partial charge in [-0.2, -0.15) is 0 Å². The standard InChI is InChI=1S/C26H26N2O/c1-21(19-29)17-25-18-28(20-27-25)26(22-11-5-2-6-12-22,23-13-7-3-8-14-23)24-15-9-4-10-16-24/h2-16,18,20-21,29H,17,19H2,1H3. The molecule has 3 heteroatoms. The number of hydrogen-bond donors (Lipinski definition) is 1. The van der Waals surface area contributed by atoms with Crippen LogP contribution in [0.4, 0.5) is 0 Å². The second-order valence-corrected chi connectivity index (χ2v) is 7.57. The Morgan fingerprint density at radius 1 is 0.793 bits per heavy atom. The van der Waals surface area contributed by atoms with E-state index in [2.05, 4.69) is 83.6 Å². The smallest absolute Gasteiger partial charge is 0.121 e. The maximum absolute atomic E-state index is 9.46. The third kappa shape index (κ3) is 3.62. The summed E-state index contributed by atoms with van der Waals surface area (Å²) in [7, 11) is 0. The highest BCUT2D eigenvalue weighted by molar-refractivity contribution is 5.50. The summed E-state index contributed by atoms with van der Waals surface area (Å²) < 4.78 is 2.21. The van der Waals surface area contributed by atoms with Crippen LogP contribution in [0.1, 0.15) is 29.3 Å². The minimum Gasteiger partial charge on any atom is -0.396 e. The van der Waals surface area contributed by atoms with Gasteiger partial charge in [0.2, 0.25) is 0 Å². The second-order valence-electron chi connectivity index (χ2n) is 7.57. The molecular formula is C26H26N2O. The number of benzene rings is 3. The van der Waals surface area contributed by atoms with Crippen LogP contribution in [0, 0.1) is 5.92 Å². The van der Waals surface area contributed by atoms with Crippen LogP contribution in [0.3, 0.4) is 0 Å². The lowest BCUT2D eigenvalue weighted by molar-refractivity contribution is 0.236. The molecule has 0 saturated carbocycles. The first-order valence-electron chi connectivity index (χ1n) is 10.1. The van der Waals surface area contributed by atoms with E-state index >= 15 is 0 Å². The summed E-state index contributed by atoms with van der Waals surface area (Å²) in [5, 5.41) is 9.46. The zero-order valence-electron chi connectivity index (χ0n) is 16.6. The molecule has 0 radical (unpaired) electrons. The third-order valence-electron chi connectivity index (χ3n) is 5.47. The molecule has 0 aliphatic carbocycles. The van der Waals surface area contributed by atoms with E-state index in [-0.39, 0.29) is 12.5 Å². The fourth-order valence-corrected chi connectivity index (χ4v) is 4.06. The Bertz CT molecular complexity index is 929. The predicted octanol–water partition coefficient (Wildman–Crippen LogP) is 4.89. The van der Waals surface area contributed by atoms with Gasteiger partial charge in [-0.25, -0.2) is 4.98 Å². The van der Waals surface area contributed by atoms with Crippen molar-refractivity contribution < 1.29 is 5.11 Å². The van der Waals surface area contributed by atoms with Gasteiger partial charge in [0.1, 0.15) is 5.54 Å². The Kier molecular flexibility index (Phi) is 5.59. The van der Waals surface area contributed by atoms with Crippen LogP contribution >= 0.6 is 0 Å². The summed E-state index contributed by atoms with van der Waals surface area (Å²) in [5.74, 6) is 0.179. The van der Waals surface area contributed by atoms with E-state index in [0.717, 1.165) is 12.1 Å². The van der Waals surface area contributed by atoms with Gasteiger partial charge in [0.05, 0.1) is 12.0 Å². The second kappa shape index (κ2) is 8.46. The van der Waals surface area contributed by atoms with Crippen molar-refractivity contribution in [3.63, 3.8) is 0 Å². The van der Waals surface area contributed by atoms with E-state index in [1.807, 2.05) is 31.5 Å². The number of aliphatic hydroxyl groups excluding tert-OH is 1. The minimum atomic E-state index is -0.530. The van der Waals surface area contributed by atoms with Crippen LogP contribution in [-0.4, -0.2) is 21.3 Å². The van der Waals surface area contributed by atoms with Gasteiger partial charge in [-0.1, -0.05) is 97.9 Å². The van der Waals surface area contributed by atoms with Gasteiger partial charge < -0.3 is 9.67 Å². The summed E-state index contributed by atoms with van der Waals surface area (Å²) in [4.78, 5) is 4.70. The number of hydrogen-bond acceptors (Lipinski definition) is 2. The van der Waals surface area contributed by atoms with Crippen LogP contribution in [0.15, 0.2) is 104 Å². The van der Waals surface area contributed by atoms with Gasteiger partial charge in [-0.15, -0.1) is 0 Å². The van der Waals surface area contributed by atoms with Crippen LogP contribution in [-0.2, 0) is 12.0 Å². The SMILES string of the molecule is CC(CO)Cc1cn(C(c2ccccc2)(c2ccccc2)c2ccccc2)cn1. The molecule has 1 unspecified atom stereocenters. The summed E-state index contributed by atoms with van der Waals surface area (Å²) >= 11 is 0. The minimum absolute atomic E-state index is 0.161. The Balaban J connectivity index is 1.99. The van der Waals surface area contributed by atoms with E-state index in [4.69, 9.17) is 4.98 Å². The fourth-order valence-electron chi connectivity index (χ4n) is 4.06. The van der Waals surface area contributed by atoms with E-state index < -0.39 is 5.54 Å². The first-order chi connectivity index (χ1) is 14.2. The molecule has 4 aromatic rings. The van der Waals surface area contributed by atoms with Crippen molar-refractivity contribution >= 4 is 0 Å². The molecule has 0 saturated heterocycles. The summed E-state index contributed by atoms with van der Waals surface area (Å²) in [6.07, 6.45) is 4.80. The molecule has 29 heavy (non-hydrogen) atoms. The number of aromatic nitrogens is 2. The molecule has 0 bridgehead atoms. The van der Waals surface area contributed by atoms with Crippen molar-refractivity contribution in [2.45, 2.75) is 18.9 Å². The summed E-state index contributed by atoms with van der Waals surface area (Å²) in [5.41, 5.74) is 3.99. The van der Waals surface area contributed by atoms with Crippen molar-refractivity contribution in [2.24, 2.45) is 5.92 Å². The quantitative estimate of drug-likeness (QED) is 0.462. The van der Waals surface area contributed by atoms with Gasteiger partial charge in [0, 0.05) is 12.8 Å². The third-order valence-corrected chi connectivity index (χ3v) is 5.47. The van der Waals surface area contributed by atoms with Crippen molar-refractivity contribution in [2.75, 3.05) is 6.61 Å². The highest BCUT2D eigenvalue weighted by Crippen LogP contribution is 2.40. The van der Waals surface area contributed by atoms with E-state index in [9.17, 15) is 5.11 Å². The van der Waals surface area contributed by atoms with E-state index in [1.54, 1.807) is 0 Å². The van der Waals surface area contributed by atoms with Crippen molar-refractivity contribution in [3.8, 4) is 0 Å². The largest absolute Gasteiger partial charge is 0.396 e. The van der Waals surface area contributed by atoms with Crippen molar-refractivity contribution in [1.29, 1.82) is 0 Å². The van der Waals surface area contributed by atoms with Gasteiger partial charge in [-0.3, -0.25) is 0 Å². The van der Waals surface area contributed by atoms with Crippen LogP contribution < -0.4 is 0 Å². The maximum Gasteiger partial charge on any atom is 0.121 e. The Labute approximate surface area is 172 Å². The average Bonchev–Trinajstić information content (AvgIpc) is 3.25. The Hall–Kier alpha value is -3.17. The Morgan fingerprint density at radius 2 is 1.24 bits per heavy atom. The topological polar surface area (TPSA) is 38.0 Å². The molecule has 4 rings (SSSR count). The predicted molar refractivity (Wildman–Crippen MR) is 117 cm³/mol. The Morgan fingerprint density at radius 3 is 1.66 bits per heavy atom. The molecule has 1 aromatic heterocycles. The highest BCUT2D eigenvalue weighted by Gasteiger charge is 2.38. The molecule has 1 atom stereocenters. The normalized spacial score (nSPS) is 12.6. The lowest BCUT2D eigenvalue weighted by Crippen LogP contribution is -2.36. The molecule has 3 nitrogen and oxygen atoms in total. The number of aliphatic hydroxyl groups is 1. The average molecular weight is 383 g/mol. The molecule has 1 N–H and O–H groups in total. The van der Waals surface area contributed by atoms with Crippen LogP contribution in [0.2, 0.25) is 0 Å². The molecule has 0 aliphatic rings. The van der Waals surface area contributed by atoms with Gasteiger partial charge in [-0.05, 0) is 29.0 Å². The van der Waals surface area contributed by atoms with Crippen molar-refractivity contribution in [1.82, 2.24) is 9.55 Å². The zero-order valence-corrected chi connectivity index (χ0v) is 16.6. The lowest BCUT2D eigenvalue weighted by Gasteiger charge is -2.37. The van der Waals surface area contributed by atoms with Gasteiger partial charge >= 0.3 is 0 Å². The first kappa shape index (κ1) is 19.2. The molecule has 3 aromatic carbocycles. The number of nitrogens with zero attached hydrogens (tertiary/aromatic N) is 2. The van der Waals surface area contributed by atoms with Gasteiger partial charge in [0.15, 0.2) is 0 Å². The molecule has 146 valence electrons. The van der Waals surface area contributed by atoms with E-state index in [1.165, 1.54) is 16.7 Å². The lowest BCUT2D eigenvalue weighted by atomic mass is 9.77. The van der Waals surface area contributed by atoms with Crippen molar-refractivity contribution in [3.05, 3.63) is 126 Å². The monoisotopic (exact) mass is 382 g/mol. The fraction of sp³-hybridized carbons (Fsp3) is 0.192. The molecule has 1 heterocycles. The first-order valence-corrected chi connectivity index (χ1v) is 10.1. The molecule has 0 aliphatic heterocycles. The molecule has 0 amide bonds. The van der Waals surface area contributed by atoms with E-state index in [0.29, 0.717) is 0 Å². The van der Waals surface area contributed by atoms with Crippen LogP contribution in [0.25, 0.3) is 0 Å².